The number of carboxylic acids is 1. The molecule has 1 aliphatic rings. The highest BCUT2D eigenvalue weighted by Gasteiger charge is 2.22. The Balaban J connectivity index is 2.10. The van der Waals surface area contributed by atoms with Crippen LogP contribution in [0, 0.1) is 5.92 Å². The van der Waals surface area contributed by atoms with Gasteiger partial charge in [-0.2, -0.15) is 0 Å². The Morgan fingerprint density at radius 2 is 2.07 bits per heavy atom. The lowest BCUT2D eigenvalue weighted by molar-refractivity contribution is -0.137. The average Bonchev–Trinajstić information content (AvgIpc) is 2.50. The fraction of sp³-hybridized carbons (Fsp3) is 0.818. The van der Waals surface area contributed by atoms with Gasteiger partial charge in [0.15, 0.2) is 0 Å². The van der Waals surface area contributed by atoms with Gasteiger partial charge in [0, 0.05) is 18.9 Å². The molecule has 2 unspecified atom stereocenters. The molecule has 1 fully saturated rings. The normalized spacial score (nSPS) is 25.1. The molecule has 1 amide bonds. The summed E-state index contributed by atoms with van der Waals surface area (Å²) in [5, 5.41) is 11.4. The van der Waals surface area contributed by atoms with Gasteiger partial charge in [-0.1, -0.05) is 6.92 Å². The monoisotopic (exact) mass is 213 g/mol. The number of aliphatic carboxylic acids is 1. The number of carbonyl (C=O) groups excluding carboxylic acids is 1. The first kappa shape index (κ1) is 12.0. The summed E-state index contributed by atoms with van der Waals surface area (Å²) in [6, 6.07) is 0.317. The van der Waals surface area contributed by atoms with Crippen LogP contribution in [0.4, 0.5) is 0 Å². The largest absolute Gasteiger partial charge is 0.481 e. The Morgan fingerprint density at radius 1 is 1.33 bits per heavy atom. The van der Waals surface area contributed by atoms with Crippen molar-refractivity contribution in [3.8, 4) is 0 Å². The fourth-order valence-electron chi connectivity index (χ4n) is 2.04. The number of nitrogens with one attached hydrogen (secondary N) is 1. The Kier molecular flexibility index (Phi) is 4.59. The van der Waals surface area contributed by atoms with Crippen molar-refractivity contribution in [2.45, 2.75) is 51.5 Å². The van der Waals surface area contributed by atoms with Crippen LogP contribution >= 0.6 is 0 Å². The smallest absolute Gasteiger partial charge is 0.303 e. The molecular formula is C11H19NO3. The van der Waals surface area contributed by atoms with Gasteiger partial charge in [0.2, 0.25) is 5.91 Å². The first-order chi connectivity index (χ1) is 7.08. The third kappa shape index (κ3) is 4.81. The van der Waals surface area contributed by atoms with Crippen LogP contribution in [-0.4, -0.2) is 23.0 Å². The fourth-order valence-corrected chi connectivity index (χ4v) is 2.04. The van der Waals surface area contributed by atoms with Crippen molar-refractivity contribution in [2.24, 2.45) is 5.92 Å². The SMILES string of the molecule is CC1CCC(NC(=O)CCCC(=O)O)C1. The van der Waals surface area contributed by atoms with Gasteiger partial charge in [0.05, 0.1) is 0 Å². The molecule has 4 heteroatoms. The maximum atomic E-state index is 11.4. The molecule has 15 heavy (non-hydrogen) atoms. The van der Waals surface area contributed by atoms with Gasteiger partial charge in [0.1, 0.15) is 0 Å². The van der Waals surface area contributed by atoms with Crippen LogP contribution in [0.15, 0.2) is 0 Å². The maximum absolute atomic E-state index is 11.4. The topological polar surface area (TPSA) is 66.4 Å². The van der Waals surface area contributed by atoms with Crippen LogP contribution in [0.25, 0.3) is 0 Å². The lowest BCUT2D eigenvalue weighted by Crippen LogP contribution is -2.32. The minimum Gasteiger partial charge on any atom is -0.481 e. The highest BCUT2D eigenvalue weighted by Crippen LogP contribution is 2.24. The highest BCUT2D eigenvalue weighted by molar-refractivity contribution is 5.77. The molecule has 1 aliphatic carbocycles. The van der Waals surface area contributed by atoms with E-state index in [1.165, 1.54) is 6.42 Å². The van der Waals surface area contributed by atoms with E-state index in [2.05, 4.69) is 12.2 Å². The summed E-state index contributed by atoms with van der Waals surface area (Å²) in [5.41, 5.74) is 0. The van der Waals surface area contributed by atoms with E-state index in [4.69, 9.17) is 5.11 Å². The lowest BCUT2D eigenvalue weighted by Gasteiger charge is -2.11. The van der Waals surface area contributed by atoms with Gasteiger partial charge in [-0.15, -0.1) is 0 Å². The molecule has 1 rings (SSSR count). The number of carboxylic acid groups (broad SMARTS) is 1. The van der Waals surface area contributed by atoms with E-state index >= 15 is 0 Å². The predicted molar refractivity (Wildman–Crippen MR) is 56.4 cm³/mol. The van der Waals surface area contributed by atoms with Crippen molar-refractivity contribution in [2.75, 3.05) is 0 Å². The molecule has 0 aromatic rings. The van der Waals surface area contributed by atoms with Gasteiger partial charge in [-0.3, -0.25) is 9.59 Å². The van der Waals surface area contributed by atoms with Crippen LogP contribution in [0.5, 0.6) is 0 Å². The number of hydrogen-bond donors (Lipinski definition) is 2. The van der Waals surface area contributed by atoms with Crippen molar-refractivity contribution < 1.29 is 14.7 Å². The van der Waals surface area contributed by atoms with Crippen molar-refractivity contribution >= 4 is 11.9 Å². The molecule has 0 spiro atoms. The zero-order chi connectivity index (χ0) is 11.3. The van der Waals surface area contributed by atoms with Gasteiger partial charge in [0.25, 0.3) is 0 Å². The van der Waals surface area contributed by atoms with E-state index in [0.29, 0.717) is 24.8 Å². The predicted octanol–water partition coefficient (Wildman–Crippen LogP) is 1.55. The second-order valence-corrected chi connectivity index (χ2v) is 4.43. The molecule has 0 aromatic carbocycles. The van der Waals surface area contributed by atoms with Crippen molar-refractivity contribution in [3.63, 3.8) is 0 Å². The first-order valence-corrected chi connectivity index (χ1v) is 5.59. The zero-order valence-electron chi connectivity index (χ0n) is 9.16. The van der Waals surface area contributed by atoms with E-state index < -0.39 is 5.97 Å². The maximum Gasteiger partial charge on any atom is 0.303 e. The second-order valence-electron chi connectivity index (χ2n) is 4.43. The Bertz CT molecular complexity index is 240. The van der Waals surface area contributed by atoms with Crippen molar-refractivity contribution in [1.29, 1.82) is 0 Å². The zero-order valence-corrected chi connectivity index (χ0v) is 9.16. The van der Waals surface area contributed by atoms with E-state index in [-0.39, 0.29) is 12.3 Å². The molecule has 1 saturated carbocycles. The molecule has 0 aliphatic heterocycles. The molecule has 2 N–H and O–H groups in total. The van der Waals surface area contributed by atoms with Gasteiger partial charge < -0.3 is 10.4 Å². The van der Waals surface area contributed by atoms with Crippen LogP contribution < -0.4 is 5.32 Å². The molecule has 0 bridgehead atoms. The van der Waals surface area contributed by atoms with Crippen molar-refractivity contribution in [3.05, 3.63) is 0 Å². The minimum atomic E-state index is -0.836. The van der Waals surface area contributed by atoms with Crippen LogP contribution in [0.2, 0.25) is 0 Å². The molecule has 0 heterocycles. The number of hydrogen-bond acceptors (Lipinski definition) is 2. The summed E-state index contributed by atoms with van der Waals surface area (Å²) < 4.78 is 0. The third-order valence-electron chi connectivity index (χ3n) is 2.85. The summed E-state index contributed by atoms with van der Waals surface area (Å²) in [7, 11) is 0. The van der Waals surface area contributed by atoms with E-state index in [9.17, 15) is 9.59 Å². The third-order valence-corrected chi connectivity index (χ3v) is 2.85. The molecule has 0 radical (unpaired) electrons. The Labute approximate surface area is 90.0 Å². The molecule has 0 saturated heterocycles. The molecule has 2 atom stereocenters. The summed E-state index contributed by atoms with van der Waals surface area (Å²) in [6.07, 6.45) is 4.14. The second kappa shape index (κ2) is 5.73. The Morgan fingerprint density at radius 3 is 2.60 bits per heavy atom. The highest BCUT2D eigenvalue weighted by atomic mass is 16.4. The van der Waals surface area contributed by atoms with Crippen LogP contribution in [-0.2, 0) is 9.59 Å². The van der Waals surface area contributed by atoms with Crippen LogP contribution in [0.3, 0.4) is 0 Å². The average molecular weight is 213 g/mol. The molecule has 4 nitrogen and oxygen atoms in total. The number of carbonyl (C=O) groups is 2. The summed E-state index contributed by atoms with van der Waals surface area (Å²) in [4.78, 5) is 21.6. The lowest BCUT2D eigenvalue weighted by atomic mass is 10.1. The molecule has 0 aromatic heterocycles. The van der Waals surface area contributed by atoms with E-state index in [1.807, 2.05) is 0 Å². The molecular weight excluding hydrogens is 194 g/mol. The van der Waals surface area contributed by atoms with Gasteiger partial charge in [-0.25, -0.2) is 0 Å². The summed E-state index contributed by atoms with van der Waals surface area (Å²) in [5.74, 6) is -0.137. The van der Waals surface area contributed by atoms with Gasteiger partial charge >= 0.3 is 5.97 Å². The van der Waals surface area contributed by atoms with Crippen molar-refractivity contribution in [1.82, 2.24) is 5.32 Å². The van der Waals surface area contributed by atoms with Gasteiger partial charge in [-0.05, 0) is 31.6 Å². The minimum absolute atomic E-state index is 0.00431. The standard InChI is InChI=1S/C11H19NO3/c1-8-5-6-9(7-8)12-10(13)3-2-4-11(14)15/h8-9H,2-7H2,1H3,(H,12,13)(H,14,15). The van der Waals surface area contributed by atoms with Crippen LogP contribution in [0.1, 0.15) is 45.4 Å². The molecule has 86 valence electrons. The van der Waals surface area contributed by atoms with E-state index in [1.54, 1.807) is 0 Å². The quantitative estimate of drug-likeness (QED) is 0.728. The summed E-state index contributed by atoms with van der Waals surface area (Å²) >= 11 is 0. The summed E-state index contributed by atoms with van der Waals surface area (Å²) in [6.45, 7) is 2.19. The number of amides is 1. The van der Waals surface area contributed by atoms with E-state index in [0.717, 1.165) is 12.8 Å². The number of rotatable bonds is 5. The Hall–Kier alpha value is -1.06. The first-order valence-electron chi connectivity index (χ1n) is 5.59.